The van der Waals surface area contributed by atoms with E-state index in [0.717, 1.165) is 6.26 Å². The fourth-order valence-electron chi connectivity index (χ4n) is 2.45. The molecule has 6 nitrogen and oxygen atoms in total. The van der Waals surface area contributed by atoms with Crippen LogP contribution in [-0.4, -0.2) is 30.7 Å². The molecule has 0 aliphatic carbocycles. The van der Waals surface area contributed by atoms with Gasteiger partial charge in [0, 0.05) is 17.4 Å². The van der Waals surface area contributed by atoms with Crippen LogP contribution in [0, 0.1) is 5.82 Å². The normalized spacial score (nSPS) is 11.5. The lowest BCUT2D eigenvalue weighted by Crippen LogP contribution is -1.99. The molecule has 134 valence electrons. The van der Waals surface area contributed by atoms with Gasteiger partial charge in [-0.2, -0.15) is 0 Å². The molecule has 3 rings (SSSR count). The summed E-state index contributed by atoms with van der Waals surface area (Å²) in [6.45, 7) is 0. The molecule has 0 fully saturated rings. The SMILES string of the molecule is CS(=O)(=O)c1ccc(-c2oc(CC(=O)O)nc2-c2ccccc2F)cc1. The first-order chi connectivity index (χ1) is 12.3. The van der Waals surface area contributed by atoms with Gasteiger partial charge in [0.2, 0.25) is 5.89 Å². The van der Waals surface area contributed by atoms with Crippen molar-refractivity contribution in [2.75, 3.05) is 6.26 Å². The van der Waals surface area contributed by atoms with Crippen molar-refractivity contribution in [2.45, 2.75) is 11.3 Å². The van der Waals surface area contributed by atoms with Crippen LogP contribution in [0.3, 0.4) is 0 Å². The molecule has 0 radical (unpaired) electrons. The Hall–Kier alpha value is -3.00. The highest BCUT2D eigenvalue weighted by molar-refractivity contribution is 7.90. The maximum atomic E-state index is 14.2. The van der Waals surface area contributed by atoms with Gasteiger partial charge >= 0.3 is 5.97 Å². The Morgan fingerprint density at radius 2 is 1.81 bits per heavy atom. The maximum Gasteiger partial charge on any atom is 0.312 e. The number of hydrogen-bond donors (Lipinski definition) is 1. The number of carboxylic acid groups (broad SMARTS) is 1. The van der Waals surface area contributed by atoms with Crippen molar-refractivity contribution in [1.29, 1.82) is 0 Å². The van der Waals surface area contributed by atoms with Gasteiger partial charge in [0.1, 0.15) is 17.9 Å². The first kappa shape index (κ1) is 17.8. The molecule has 0 spiro atoms. The van der Waals surface area contributed by atoms with Crippen LogP contribution in [0.4, 0.5) is 4.39 Å². The number of benzene rings is 2. The summed E-state index contributed by atoms with van der Waals surface area (Å²) in [7, 11) is -3.37. The third-order valence-corrected chi connectivity index (χ3v) is 4.78. The van der Waals surface area contributed by atoms with Crippen molar-refractivity contribution >= 4 is 15.8 Å². The second-order valence-corrected chi connectivity index (χ2v) is 7.65. The smallest absolute Gasteiger partial charge is 0.312 e. The lowest BCUT2D eigenvalue weighted by molar-refractivity contribution is -0.136. The fourth-order valence-corrected chi connectivity index (χ4v) is 3.08. The number of carboxylic acids is 1. The van der Waals surface area contributed by atoms with Gasteiger partial charge < -0.3 is 9.52 Å². The molecule has 8 heteroatoms. The summed E-state index contributed by atoms with van der Waals surface area (Å²) in [5.74, 6) is -1.56. The third-order valence-electron chi connectivity index (χ3n) is 3.65. The van der Waals surface area contributed by atoms with E-state index in [1.165, 1.54) is 42.5 Å². The van der Waals surface area contributed by atoms with Crippen molar-refractivity contribution in [3.63, 3.8) is 0 Å². The van der Waals surface area contributed by atoms with E-state index in [4.69, 9.17) is 9.52 Å². The van der Waals surface area contributed by atoms with Crippen LogP contribution >= 0.6 is 0 Å². The van der Waals surface area contributed by atoms with Gasteiger partial charge in [-0.1, -0.05) is 12.1 Å². The molecule has 1 heterocycles. The summed E-state index contributed by atoms with van der Waals surface area (Å²) < 4.78 is 42.9. The van der Waals surface area contributed by atoms with Crippen molar-refractivity contribution in [3.05, 3.63) is 60.2 Å². The number of hydrogen-bond acceptors (Lipinski definition) is 5. The molecule has 0 bridgehead atoms. The number of aromatic nitrogens is 1. The van der Waals surface area contributed by atoms with Crippen LogP contribution in [0.1, 0.15) is 5.89 Å². The van der Waals surface area contributed by atoms with Crippen LogP contribution in [0.5, 0.6) is 0 Å². The molecule has 0 amide bonds. The highest BCUT2D eigenvalue weighted by atomic mass is 32.2. The van der Waals surface area contributed by atoms with E-state index in [1.54, 1.807) is 6.07 Å². The Kier molecular flexibility index (Phi) is 4.60. The number of aliphatic carboxylic acids is 1. The lowest BCUT2D eigenvalue weighted by Gasteiger charge is -2.04. The highest BCUT2D eigenvalue weighted by Gasteiger charge is 2.21. The second kappa shape index (κ2) is 6.72. The molecular formula is C18H14FNO5S. The predicted octanol–water partition coefficient (Wildman–Crippen LogP) is 3.18. The average molecular weight is 375 g/mol. The Morgan fingerprint density at radius 3 is 2.38 bits per heavy atom. The summed E-state index contributed by atoms with van der Waals surface area (Å²) >= 11 is 0. The Balaban J connectivity index is 2.15. The molecular weight excluding hydrogens is 361 g/mol. The van der Waals surface area contributed by atoms with Gasteiger partial charge in [-0.25, -0.2) is 17.8 Å². The van der Waals surface area contributed by atoms with Crippen LogP contribution < -0.4 is 0 Å². The topological polar surface area (TPSA) is 97.5 Å². The Labute approximate surface area is 148 Å². The van der Waals surface area contributed by atoms with E-state index >= 15 is 0 Å². The number of oxazole rings is 1. The van der Waals surface area contributed by atoms with E-state index in [0.29, 0.717) is 5.56 Å². The lowest BCUT2D eigenvalue weighted by atomic mass is 10.1. The molecule has 1 aromatic heterocycles. The van der Waals surface area contributed by atoms with Gasteiger partial charge in [-0.15, -0.1) is 0 Å². The highest BCUT2D eigenvalue weighted by Crippen LogP contribution is 2.34. The van der Waals surface area contributed by atoms with Crippen molar-refractivity contribution in [3.8, 4) is 22.6 Å². The van der Waals surface area contributed by atoms with E-state index in [9.17, 15) is 17.6 Å². The number of sulfone groups is 1. The molecule has 0 atom stereocenters. The number of nitrogens with zero attached hydrogens (tertiary/aromatic N) is 1. The van der Waals surface area contributed by atoms with E-state index in [2.05, 4.69) is 4.98 Å². The van der Waals surface area contributed by atoms with Crippen LogP contribution in [0.25, 0.3) is 22.6 Å². The molecule has 3 aromatic rings. The molecule has 0 unspecified atom stereocenters. The predicted molar refractivity (Wildman–Crippen MR) is 91.8 cm³/mol. The number of halogens is 1. The summed E-state index contributed by atoms with van der Waals surface area (Å²) in [5, 5.41) is 8.95. The third kappa shape index (κ3) is 3.65. The molecule has 26 heavy (non-hydrogen) atoms. The minimum absolute atomic E-state index is 0.0713. The monoisotopic (exact) mass is 375 g/mol. The molecule has 2 aromatic carbocycles. The van der Waals surface area contributed by atoms with Gasteiger partial charge in [0.05, 0.1) is 4.90 Å². The second-order valence-electron chi connectivity index (χ2n) is 5.63. The van der Waals surface area contributed by atoms with E-state index in [-0.39, 0.29) is 27.8 Å². The Morgan fingerprint density at radius 1 is 1.15 bits per heavy atom. The summed E-state index contributed by atoms with van der Waals surface area (Å²) in [6, 6.07) is 11.7. The zero-order chi connectivity index (χ0) is 18.9. The van der Waals surface area contributed by atoms with Crippen LogP contribution in [0.15, 0.2) is 57.8 Å². The summed E-state index contributed by atoms with van der Waals surface area (Å²) in [6.07, 6.45) is 0.634. The average Bonchev–Trinajstić information content (AvgIpc) is 2.97. The van der Waals surface area contributed by atoms with Crippen LogP contribution in [-0.2, 0) is 21.1 Å². The van der Waals surface area contributed by atoms with Crippen molar-refractivity contribution in [2.24, 2.45) is 0 Å². The quantitative estimate of drug-likeness (QED) is 0.736. The minimum Gasteiger partial charge on any atom is -0.481 e. The van der Waals surface area contributed by atoms with E-state index in [1.807, 2.05) is 0 Å². The largest absolute Gasteiger partial charge is 0.481 e. The van der Waals surface area contributed by atoms with Gasteiger partial charge in [-0.3, -0.25) is 4.79 Å². The van der Waals surface area contributed by atoms with Crippen molar-refractivity contribution < 1.29 is 27.1 Å². The zero-order valence-electron chi connectivity index (χ0n) is 13.6. The molecule has 1 N–H and O–H groups in total. The fraction of sp³-hybridized carbons (Fsp3) is 0.111. The first-order valence-corrected chi connectivity index (χ1v) is 9.42. The Bertz CT molecular complexity index is 1070. The standard InChI is InChI=1S/C18H14FNO5S/c1-26(23,24)12-8-6-11(7-9-12)18-17(13-4-2-3-5-14(13)19)20-15(25-18)10-16(21)22/h2-9H,10H2,1H3,(H,21,22). The number of carbonyl (C=O) groups is 1. The molecule has 0 saturated carbocycles. The van der Waals surface area contributed by atoms with Crippen LogP contribution in [0.2, 0.25) is 0 Å². The minimum atomic E-state index is -3.37. The maximum absolute atomic E-state index is 14.2. The molecule has 0 aliphatic heterocycles. The van der Waals surface area contributed by atoms with Gasteiger partial charge in [0.25, 0.3) is 0 Å². The van der Waals surface area contributed by atoms with Gasteiger partial charge in [-0.05, 0) is 36.4 Å². The number of rotatable bonds is 5. The zero-order valence-corrected chi connectivity index (χ0v) is 14.5. The first-order valence-electron chi connectivity index (χ1n) is 7.52. The van der Waals surface area contributed by atoms with E-state index < -0.39 is 28.0 Å². The van der Waals surface area contributed by atoms with Gasteiger partial charge in [0.15, 0.2) is 15.6 Å². The summed E-state index contributed by atoms with van der Waals surface area (Å²) in [4.78, 5) is 15.2. The molecule has 0 aliphatic rings. The molecule has 0 saturated heterocycles. The van der Waals surface area contributed by atoms with Crippen molar-refractivity contribution in [1.82, 2.24) is 4.98 Å². The summed E-state index contributed by atoms with van der Waals surface area (Å²) in [5.41, 5.74) is 0.779.